The lowest BCUT2D eigenvalue weighted by atomic mass is 9.95. The second kappa shape index (κ2) is 8.82. The molecule has 1 heterocycles. The molecule has 2 N–H and O–H groups in total. The summed E-state index contributed by atoms with van der Waals surface area (Å²) in [7, 11) is 0. The Morgan fingerprint density at radius 3 is 2.48 bits per heavy atom. The molecular formula is C23H25NO5. The average Bonchev–Trinajstić information content (AvgIpc) is 2.98. The van der Waals surface area contributed by atoms with Crippen LogP contribution in [0.1, 0.15) is 43.9 Å². The summed E-state index contributed by atoms with van der Waals surface area (Å²) < 4.78 is 5.47. The molecule has 1 aliphatic heterocycles. The van der Waals surface area contributed by atoms with Gasteiger partial charge < -0.3 is 19.8 Å². The third-order valence-corrected chi connectivity index (χ3v) is 4.94. The number of hydrogen-bond acceptors (Lipinski definition) is 5. The van der Waals surface area contributed by atoms with Crippen molar-refractivity contribution in [3.8, 4) is 11.5 Å². The Bertz CT molecular complexity index is 936. The van der Waals surface area contributed by atoms with Crippen LogP contribution in [0.25, 0.3) is 5.76 Å². The first-order valence-corrected chi connectivity index (χ1v) is 9.79. The van der Waals surface area contributed by atoms with Gasteiger partial charge in [0, 0.05) is 12.1 Å². The van der Waals surface area contributed by atoms with Crippen molar-refractivity contribution in [2.45, 2.75) is 32.7 Å². The van der Waals surface area contributed by atoms with E-state index in [1.165, 1.54) is 11.0 Å². The Morgan fingerprint density at radius 2 is 1.83 bits per heavy atom. The summed E-state index contributed by atoms with van der Waals surface area (Å²) in [5.41, 5.74) is 1.11. The van der Waals surface area contributed by atoms with Crippen molar-refractivity contribution in [2.75, 3.05) is 13.2 Å². The van der Waals surface area contributed by atoms with Crippen molar-refractivity contribution in [3.63, 3.8) is 0 Å². The van der Waals surface area contributed by atoms with Gasteiger partial charge in [0.2, 0.25) is 0 Å². The number of Topliss-reactive ketones (excluding diaryl/α,β-unsaturated/α-hetero) is 1. The second-order valence-corrected chi connectivity index (χ2v) is 6.87. The van der Waals surface area contributed by atoms with Gasteiger partial charge >= 0.3 is 0 Å². The molecule has 1 amide bonds. The standard InChI is InChI=1S/C23H25NO5/c1-3-5-13-24-20(16-11-12-17(25)18(14-16)29-4-2)19(22(27)23(24)28)21(26)15-9-7-6-8-10-15/h6-12,14,20,25-26H,3-5,13H2,1-2H3/b21-19-. The minimum atomic E-state index is -0.749. The van der Waals surface area contributed by atoms with Gasteiger partial charge in [0.05, 0.1) is 18.2 Å². The molecule has 0 spiro atoms. The van der Waals surface area contributed by atoms with Gasteiger partial charge in [-0.2, -0.15) is 0 Å². The van der Waals surface area contributed by atoms with Crippen LogP contribution in [-0.4, -0.2) is 40.0 Å². The molecule has 3 rings (SSSR count). The number of aromatic hydroxyl groups is 1. The van der Waals surface area contributed by atoms with Crippen molar-refractivity contribution in [1.29, 1.82) is 0 Å². The zero-order chi connectivity index (χ0) is 21.0. The van der Waals surface area contributed by atoms with E-state index in [1.54, 1.807) is 43.3 Å². The number of carbonyl (C=O) groups excluding carboxylic acids is 2. The number of aliphatic hydroxyl groups excluding tert-OH is 1. The highest BCUT2D eigenvalue weighted by atomic mass is 16.5. The number of rotatable bonds is 7. The van der Waals surface area contributed by atoms with Gasteiger partial charge in [-0.3, -0.25) is 9.59 Å². The zero-order valence-corrected chi connectivity index (χ0v) is 16.6. The van der Waals surface area contributed by atoms with Crippen molar-refractivity contribution >= 4 is 17.4 Å². The summed E-state index contributed by atoms with van der Waals surface area (Å²) >= 11 is 0. The largest absolute Gasteiger partial charge is 0.507 e. The van der Waals surface area contributed by atoms with Crippen molar-refractivity contribution in [3.05, 3.63) is 65.2 Å². The van der Waals surface area contributed by atoms with Crippen LogP contribution in [0.4, 0.5) is 0 Å². The predicted molar refractivity (Wildman–Crippen MR) is 110 cm³/mol. The number of phenolic OH excluding ortho intramolecular Hbond substituents is 1. The minimum absolute atomic E-state index is 0.0239. The van der Waals surface area contributed by atoms with Gasteiger partial charge in [-0.25, -0.2) is 0 Å². The molecule has 2 aromatic carbocycles. The van der Waals surface area contributed by atoms with E-state index in [-0.39, 0.29) is 22.8 Å². The van der Waals surface area contributed by atoms with Crippen LogP contribution < -0.4 is 4.74 Å². The maximum Gasteiger partial charge on any atom is 0.295 e. The molecule has 1 aliphatic rings. The van der Waals surface area contributed by atoms with Crippen LogP contribution in [0.15, 0.2) is 54.1 Å². The molecule has 1 saturated heterocycles. The first-order chi connectivity index (χ1) is 14.0. The molecule has 0 radical (unpaired) electrons. The highest BCUT2D eigenvalue weighted by molar-refractivity contribution is 6.46. The molecule has 0 aromatic heterocycles. The summed E-state index contributed by atoms with van der Waals surface area (Å²) in [6.07, 6.45) is 1.58. The topological polar surface area (TPSA) is 87.1 Å². The molecule has 1 atom stereocenters. The number of amides is 1. The summed E-state index contributed by atoms with van der Waals surface area (Å²) in [6.45, 7) is 4.55. The quantitative estimate of drug-likeness (QED) is 0.420. The molecule has 0 saturated carbocycles. The third kappa shape index (κ3) is 3.97. The molecule has 6 heteroatoms. The van der Waals surface area contributed by atoms with E-state index < -0.39 is 17.7 Å². The Kier molecular flexibility index (Phi) is 6.22. The van der Waals surface area contributed by atoms with Gasteiger partial charge in [-0.05, 0) is 31.0 Å². The maximum atomic E-state index is 12.9. The summed E-state index contributed by atoms with van der Waals surface area (Å²) in [5, 5.41) is 20.9. The van der Waals surface area contributed by atoms with Gasteiger partial charge in [0.15, 0.2) is 11.5 Å². The monoisotopic (exact) mass is 395 g/mol. The van der Waals surface area contributed by atoms with Gasteiger partial charge in [0.1, 0.15) is 5.76 Å². The number of ether oxygens (including phenoxy) is 1. The molecule has 29 heavy (non-hydrogen) atoms. The number of carbonyl (C=O) groups is 2. The fraction of sp³-hybridized carbons (Fsp3) is 0.304. The van der Waals surface area contributed by atoms with E-state index in [0.717, 1.165) is 12.8 Å². The zero-order valence-electron chi connectivity index (χ0n) is 16.6. The van der Waals surface area contributed by atoms with E-state index >= 15 is 0 Å². The molecule has 152 valence electrons. The van der Waals surface area contributed by atoms with Gasteiger partial charge in [0.25, 0.3) is 11.7 Å². The molecule has 2 aromatic rings. The van der Waals surface area contributed by atoms with E-state index in [4.69, 9.17) is 4.74 Å². The fourth-order valence-electron chi connectivity index (χ4n) is 3.51. The number of hydrogen-bond donors (Lipinski definition) is 2. The molecule has 1 fully saturated rings. The number of nitrogens with zero attached hydrogens (tertiary/aromatic N) is 1. The Morgan fingerprint density at radius 1 is 1.10 bits per heavy atom. The number of unbranched alkanes of at least 4 members (excludes halogenated alkanes) is 1. The van der Waals surface area contributed by atoms with Crippen LogP contribution in [0.2, 0.25) is 0 Å². The number of phenols is 1. The maximum absolute atomic E-state index is 12.9. The van der Waals surface area contributed by atoms with Crippen LogP contribution in [0.5, 0.6) is 11.5 Å². The lowest BCUT2D eigenvalue weighted by Gasteiger charge is -2.25. The summed E-state index contributed by atoms with van der Waals surface area (Å²) in [4.78, 5) is 27.1. The van der Waals surface area contributed by atoms with Gasteiger partial charge in [-0.1, -0.05) is 49.7 Å². The van der Waals surface area contributed by atoms with Crippen LogP contribution >= 0.6 is 0 Å². The highest BCUT2D eigenvalue weighted by Crippen LogP contribution is 2.41. The van der Waals surface area contributed by atoms with Crippen molar-refractivity contribution < 1.29 is 24.5 Å². The van der Waals surface area contributed by atoms with Crippen molar-refractivity contribution in [2.24, 2.45) is 0 Å². The van der Waals surface area contributed by atoms with Crippen LogP contribution in [-0.2, 0) is 9.59 Å². The fourth-order valence-corrected chi connectivity index (χ4v) is 3.51. The average molecular weight is 395 g/mol. The Balaban J connectivity index is 2.17. The molecular weight excluding hydrogens is 370 g/mol. The normalized spacial score (nSPS) is 18.3. The minimum Gasteiger partial charge on any atom is -0.507 e. The summed E-state index contributed by atoms with van der Waals surface area (Å²) in [5.74, 6) is -1.31. The Labute approximate surface area is 170 Å². The first kappa shape index (κ1) is 20.5. The Hall–Kier alpha value is -3.28. The van der Waals surface area contributed by atoms with Crippen molar-refractivity contribution in [1.82, 2.24) is 4.90 Å². The van der Waals surface area contributed by atoms with E-state index in [9.17, 15) is 19.8 Å². The molecule has 0 aliphatic carbocycles. The SMILES string of the molecule is CCCCN1C(=O)C(=O)/C(=C(\O)c2ccccc2)C1c1ccc(O)c(OCC)c1. The highest BCUT2D eigenvalue weighted by Gasteiger charge is 2.45. The van der Waals surface area contributed by atoms with Crippen LogP contribution in [0, 0.1) is 0 Å². The molecule has 6 nitrogen and oxygen atoms in total. The van der Waals surface area contributed by atoms with Crippen LogP contribution in [0.3, 0.4) is 0 Å². The van der Waals surface area contributed by atoms with E-state index in [2.05, 4.69) is 0 Å². The first-order valence-electron chi connectivity index (χ1n) is 9.79. The third-order valence-electron chi connectivity index (χ3n) is 4.94. The second-order valence-electron chi connectivity index (χ2n) is 6.87. The van der Waals surface area contributed by atoms with Gasteiger partial charge in [-0.15, -0.1) is 0 Å². The molecule has 0 bridgehead atoms. The number of aliphatic hydroxyl groups is 1. The number of benzene rings is 2. The van der Waals surface area contributed by atoms with E-state index in [1.807, 2.05) is 13.0 Å². The number of likely N-dealkylation sites (tertiary alicyclic amines) is 1. The summed E-state index contributed by atoms with van der Waals surface area (Å²) in [6, 6.07) is 12.7. The number of ketones is 1. The lowest BCUT2D eigenvalue weighted by Crippen LogP contribution is -2.30. The lowest BCUT2D eigenvalue weighted by molar-refractivity contribution is -0.139. The smallest absolute Gasteiger partial charge is 0.295 e. The van der Waals surface area contributed by atoms with E-state index in [0.29, 0.717) is 24.3 Å². The predicted octanol–water partition coefficient (Wildman–Crippen LogP) is 4.01. The molecule has 1 unspecified atom stereocenters.